The Kier molecular flexibility index (Phi) is 7.46. The highest BCUT2D eigenvalue weighted by molar-refractivity contribution is 5.45. The van der Waals surface area contributed by atoms with E-state index in [0.717, 1.165) is 11.1 Å². The van der Waals surface area contributed by atoms with Crippen molar-refractivity contribution in [2.45, 2.75) is 42.9 Å². The number of phenols is 1. The fourth-order valence-corrected chi connectivity index (χ4v) is 5.37. The molecule has 202 valence electrons. The van der Waals surface area contributed by atoms with Gasteiger partial charge in [0.15, 0.2) is 23.0 Å². The molecule has 0 radical (unpaired) electrons. The van der Waals surface area contributed by atoms with Crippen LogP contribution in [0.25, 0.3) is 0 Å². The molecule has 0 amide bonds. The third kappa shape index (κ3) is 4.72. The topological polar surface area (TPSA) is 157 Å². The van der Waals surface area contributed by atoms with Crippen LogP contribution in [0.2, 0.25) is 0 Å². The Balaban J connectivity index is 1.29. The predicted molar refractivity (Wildman–Crippen MR) is 126 cm³/mol. The zero-order valence-corrected chi connectivity index (χ0v) is 20.5. The minimum Gasteiger partial charge on any atom is -0.504 e. The molecule has 0 bridgehead atoms. The van der Waals surface area contributed by atoms with E-state index in [2.05, 4.69) is 0 Å². The summed E-state index contributed by atoms with van der Waals surface area (Å²) >= 11 is 0. The number of methoxy groups -OCH3 is 2. The summed E-state index contributed by atoms with van der Waals surface area (Å²) in [5.41, 5.74) is 1.71. The quantitative estimate of drug-likeness (QED) is 0.349. The maximum Gasteiger partial charge on any atom is 0.229 e. The molecule has 11 heteroatoms. The van der Waals surface area contributed by atoms with Crippen molar-refractivity contribution in [1.29, 1.82) is 0 Å². The summed E-state index contributed by atoms with van der Waals surface area (Å²) in [6.07, 6.45) is -7.65. The summed E-state index contributed by atoms with van der Waals surface area (Å²) in [5, 5.41) is 50.1. The van der Waals surface area contributed by atoms with Crippen LogP contribution in [0.15, 0.2) is 36.4 Å². The number of aromatic hydroxyl groups is 1. The molecule has 0 saturated carbocycles. The van der Waals surface area contributed by atoms with Crippen molar-refractivity contribution in [2.75, 3.05) is 34.0 Å². The van der Waals surface area contributed by atoms with Crippen molar-refractivity contribution in [3.8, 4) is 23.0 Å². The molecule has 2 aromatic carbocycles. The zero-order chi connectivity index (χ0) is 26.3. The summed E-state index contributed by atoms with van der Waals surface area (Å²) < 4.78 is 34.0. The molecule has 5 rings (SSSR count). The summed E-state index contributed by atoms with van der Waals surface area (Å²) in [6.45, 7) is 0.389. The number of hydrogen-bond donors (Lipinski definition) is 5. The largest absolute Gasteiger partial charge is 0.504 e. The molecule has 9 atom stereocenters. The lowest BCUT2D eigenvalue weighted by Crippen LogP contribution is -2.60. The first-order chi connectivity index (χ1) is 17.9. The van der Waals surface area contributed by atoms with Crippen LogP contribution in [-0.4, -0.2) is 90.3 Å². The van der Waals surface area contributed by atoms with E-state index in [1.165, 1.54) is 12.1 Å². The van der Waals surface area contributed by atoms with Crippen molar-refractivity contribution < 1.29 is 54.0 Å². The van der Waals surface area contributed by atoms with Gasteiger partial charge >= 0.3 is 0 Å². The van der Waals surface area contributed by atoms with E-state index < -0.39 is 37.3 Å². The van der Waals surface area contributed by atoms with E-state index in [1.54, 1.807) is 20.3 Å². The van der Waals surface area contributed by atoms with Crippen molar-refractivity contribution in [2.24, 2.45) is 11.8 Å². The Hall–Kier alpha value is -2.64. The average Bonchev–Trinajstić information content (AvgIpc) is 3.52. The van der Waals surface area contributed by atoms with Gasteiger partial charge in [-0.15, -0.1) is 0 Å². The van der Waals surface area contributed by atoms with Gasteiger partial charge in [0.25, 0.3) is 0 Å². The van der Waals surface area contributed by atoms with Crippen LogP contribution in [0.3, 0.4) is 0 Å². The minimum atomic E-state index is -1.58. The van der Waals surface area contributed by atoms with Gasteiger partial charge in [-0.25, -0.2) is 0 Å². The number of aliphatic hydroxyl groups is 4. The van der Waals surface area contributed by atoms with Gasteiger partial charge in [0, 0.05) is 11.8 Å². The maximum absolute atomic E-state index is 10.7. The van der Waals surface area contributed by atoms with Crippen LogP contribution in [0.1, 0.15) is 23.3 Å². The fourth-order valence-electron chi connectivity index (χ4n) is 5.37. The van der Waals surface area contributed by atoms with Gasteiger partial charge in [0.05, 0.1) is 46.2 Å². The lowest BCUT2D eigenvalue weighted by atomic mass is 9.85. The van der Waals surface area contributed by atoms with Gasteiger partial charge < -0.3 is 54.0 Å². The number of benzene rings is 2. The third-order valence-electron chi connectivity index (χ3n) is 7.40. The van der Waals surface area contributed by atoms with Crippen molar-refractivity contribution >= 4 is 0 Å². The molecule has 3 heterocycles. The Labute approximate surface area is 213 Å². The minimum absolute atomic E-state index is 0.00787. The summed E-state index contributed by atoms with van der Waals surface area (Å²) in [6, 6.07) is 10.5. The van der Waals surface area contributed by atoms with E-state index in [4.69, 9.17) is 28.4 Å². The van der Waals surface area contributed by atoms with Crippen LogP contribution in [-0.2, 0) is 14.2 Å². The summed E-state index contributed by atoms with van der Waals surface area (Å²) in [7, 11) is 3.18. The molecule has 3 aliphatic heterocycles. The Morgan fingerprint density at radius 2 is 1.38 bits per heavy atom. The molecular formula is C26H32O11. The van der Waals surface area contributed by atoms with Gasteiger partial charge in [-0.2, -0.15) is 0 Å². The molecule has 0 aromatic heterocycles. The van der Waals surface area contributed by atoms with Crippen molar-refractivity contribution in [3.63, 3.8) is 0 Å². The molecule has 2 aromatic rings. The first kappa shape index (κ1) is 26.0. The Bertz CT molecular complexity index is 1090. The maximum atomic E-state index is 10.7. The van der Waals surface area contributed by atoms with Gasteiger partial charge in [-0.1, -0.05) is 12.1 Å². The SMILES string of the molecule is COc1ccc(C2OCC3C(c4ccc(OC5OC(CO)C(O)C(O)C5O)c(O)c4)OCC23)cc1OC. The molecular weight excluding hydrogens is 488 g/mol. The summed E-state index contributed by atoms with van der Waals surface area (Å²) in [5.74, 6) is 1.24. The highest BCUT2D eigenvalue weighted by atomic mass is 16.7. The second-order valence-corrected chi connectivity index (χ2v) is 9.49. The third-order valence-corrected chi connectivity index (χ3v) is 7.40. The Morgan fingerprint density at radius 1 is 0.784 bits per heavy atom. The molecule has 37 heavy (non-hydrogen) atoms. The highest BCUT2D eigenvalue weighted by Crippen LogP contribution is 2.51. The number of rotatable bonds is 7. The van der Waals surface area contributed by atoms with Crippen molar-refractivity contribution in [1.82, 2.24) is 0 Å². The number of ether oxygens (including phenoxy) is 6. The molecule has 0 spiro atoms. The normalized spacial score (nSPS) is 35.2. The molecule has 3 fully saturated rings. The van der Waals surface area contributed by atoms with Crippen LogP contribution >= 0.6 is 0 Å². The molecule has 5 N–H and O–H groups in total. The fraction of sp³-hybridized carbons (Fsp3) is 0.538. The molecule has 3 aliphatic rings. The van der Waals surface area contributed by atoms with E-state index in [9.17, 15) is 25.5 Å². The van der Waals surface area contributed by atoms with Gasteiger partial charge in [-0.05, 0) is 35.4 Å². The van der Waals surface area contributed by atoms with E-state index >= 15 is 0 Å². The van der Waals surface area contributed by atoms with Crippen LogP contribution in [0.5, 0.6) is 23.0 Å². The number of fused-ring (bicyclic) bond motifs is 1. The van der Waals surface area contributed by atoms with Crippen LogP contribution in [0, 0.1) is 11.8 Å². The van der Waals surface area contributed by atoms with Crippen LogP contribution in [0.4, 0.5) is 0 Å². The summed E-state index contributed by atoms with van der Waals surface area (Å²) in [4.78, 5) is 0. The zero-order valence-electron chi connectivity index (χ0n) is 20.5. The lowest BCUT2D eigenvalue weighted by Gasteiger charge is -2.39. The second kappa shape index (κ2) is 10.6. The smallest absolute Gasteiger partial charge is 0.229 e. The number of aliphatic hydroxyl groups excluding tert-OH is 4. The number of hydrogen-bond acceptors (Lipinski definition) is 11. The van der Waals surface area contributed by atoms with Gasteiger partial charge in [-0.3, -0.25) is 0 Å². The van der Waals surface area contributed by atoms with Crippen LogP contribution < -0.4 is 14.2 Å². The number of phenolic OH excluding ortho intramolecular Hbond substituents is 1. The lowest BCUT2D eigenvalue weighted by molar-refractivity contribution is -0.277. The molecule has 0 aliphatic carbocycles. The van der Waals surface area contributed by atoms with Crippen molar-refractivity contribution in [3.05, 3.63) is 47.5 Å². The first-order valence-corrected chi connectivity index (χ1v) is 12.1. The van der Waals surface area contributed by atoms with Gasteiger partial charge in [0.2, 0.25) is 6.29 Å². The van der Waals surface area contributed by atoms with Gasteiger partial charge in [0.1, 0.15) is 24.4 Å². The average molecular weight is 521 g/mol. The van der Waals surface area contributed by atoms with E-state index in [-0.39, 0.29) is 35.5 Å². The Morgan fingerprint density at radius 3 is 1.95 bits per heavy atom. The van der Waals surface area contributed by atoms with E-state index in [0.29, 0.717) is 24.7 Å². The van der Waals surface area contributed by atoms with E-state index in [1.807, 2.05) is 18.2 Å². The first-order valence-electron chi connectivity index (χ1n) is 12.1. The molecule has 11 nitrogen and oxygen atoms in total. The predicted octanol–water partition coefficient (Wildman–Crippen LogP) is 0.663. The molecule has 9 unspecified atom stereocenters. The molecule has 3 saturated heterocycles. The second-order valence-electron chi connectivity index (χ2n) is 9.49. The standard InChI is InChI=1S/C26H32O11/c1-32-18-6-4-13(8-19(18)33-2)25-15-11-34-24(14(15)10-35-25)12-3-5-17(16(28)7-12)36-26-23(31)22(30)21(29)20(9-27)37-26/h3-8,14-15,20-31H,9-11H2,1-2H3. The monoisotopic (exact) mass is 520 g/mol. The highest BCUT2D eigenvalue weighted by Gasteiger charge is 2.48.